The molecule has 0 saturated carbocycles. The summed E-state index contributed by atoms with van der Waals surface area (Å²) < 4.78 is 43.0. The number of hydrogen-bond donors (Lipinski definition) is 3. The van der Waals surface area contributed by atoms with E-state index in [1.54, 1.807) is 12.3 Å². The van der Waals surface area contributed by atoms with Gasteiger partial charge in [0, 0.05) is 48.3 Å². The van der Waals surface area contributed by atoms with Gasteiger partial charge >= 0.3 is 0 Å². The van der Waals surface area contributed by atoms with Crippen molar-refractivity contribution in [3.8, 4) is 5.88 Å². The molecule has 0 aromatic carbocycles. The van der Waals surface area contributed by atoms with Gasteiger partial charge in [0.2, 0.25) is 27.7 Å². The molecule has 0 spiro atoms. The van der Waals surface area contributed by atoms with E-state index < -0.39 is 10.0 Å². The highest BCUT2D eigenvalue weighted by Gasteiger charge is 2.27. The third kappa shape index (κ3) is 5.91. The van der Waals surface area contributed by atoms with Crippen molar-refractivity contribution in [3.05, 3.63) is 47.0 Å². The smallest absolute Gasteiger partial charge is 0.248 e. The first-order chi connectivity index (χ1) is 17.2. The molecule has 2 aromatic rings. The van der Waals surface area contributed by atoms with Crippen molar-refractivity contribution in [2.45, 2.75) is 38.3 Å². The van der Waals surface area contributed by atoms with E-state index in [4.69, 9.17) is 25.0 Å². The molecule has 1 fully saturated rings. The Morgan fingerprint density at radius 1 is 1.39 bits per heavy atom. The fourth-order valence-corrected chi connectivity index (χ4v) is 4.88. The summed E-state index contributed by atoms with van der Waals surface area (Å²) in [6.45, 7) is 4.85. The molecular weight excluding hydrogens is 486 g/mol. The maximum atomic E-state index is 11.8. The topological polar surface area (TPSA) is 170 Å². The van der Waals surface area contributed by atoms with Crippen molar-refractivity contribution in [2.24, 2.45) is 5.73 Å². The number of allylic oxidation sites excluding steroid dienone is 4. The lowest BCUT2D eigenvalue weighted by molar-refractivity contribution is -0.0347. The predicted molar refractivity (Wildman–Crippen MR) is 134 cm³/mol. The first-order valence-electron chi connectivity index (χ1n) is 11.6. The fraction of sp³-hybridized carbons (Fsp3) is 0.478. The van der Waals surface area contributed by atoms with E-state index in [2.05, 4.69) is 31.7 Å². The summed E-state index contributed by atoms with van der Waals surface area (Å²) in [5.41, 5.74) is 8.84. The van der Waals surface area contributed by atoms with Crippen LogP contribution in [0.25, 0.3) is 5.57 Å². The molecule has 0 radical (unpaired) electrons. The Hall–Kier alpha value is -3.29. The number of nitrogens with two attached hydrogens (primary N) is 1. The highest BCUT2D eigenvalue weighted by molar-refractivity contribution is 7.92. The Labute approximate surface area is 210 Å². The quantitative estimate of drug-likeness (QED) is 0.417. The molecule has 2 aliphatic rings. The summed E-state index contributed by atoms with van der Waals surface area (Å²) in [4.78, 5) is 6.47. The molecule has 36 heavy (non-hydrogen) atoms. The summed E-state index contributed by atoms with van der Waals surface area (Å²) in [6, 6.07) is 1.66. The molecule has 4 N–H and O–H groups in total. The van der Waals surface area contributed by atoms with Crippen LogP contribution in [-0.2, 0) is 21.3 Å². The Balaban J connectivity index is 1.62. The van der Waals surface area contributed by atoms with Crippen LogP contribution < -0.4 is 15.2 Å². The van der Waals surface area contributed by atoms with Gasteiger partial charge in [-0.15, -0.1) is 10.2 Å². The number of hydrogen-bond acceptors (Lipinski definition) is 11. The molecule has 2 unspecified atom stereocenters. The molecule has 12 nitrogen and oxygen atoms in total. The van der Waals surface area contributed by atoms with Crippen LogP contribution >= 0.6 is 0 Å². The lowest BCUT2D eigenvalue weighted by Crippen LogP contribution is -2.41. The maximum absolute atomic E-state index is 11.8. The van der Waals surface area contributed by atoms with Crippen LogP contribution in [0, 0.1) is 5.41 Å². The van der Waals surface area contributed by atoms with E-state index in [0.717, 1.165) is 25.8 Å². The largest absolute Gasteiger partial charge is 0.480 e. The van der Waals surface area contributed by atoms with E-state index in [0.29, 0.717) is 47.9 Å². The highest BCUT2D eigenvalue weighted by atomic mass is 32.2. The molecule has 4 rings (SSSR count). The number of rotatable bonds is 9. The number of anilines is 1. The van der Waals surface area contributed by atoms with Gasteiger partial charge in [0.05, 0.1) is 32.6 Å². The van der Waals surface area contributed by atoms with Gasteiger partial charge < -0.3 is 25.0 Å². The lowest BCUT2D eigenvalue weighted by Gasteiger charge is -2.31. The average Bonchev–Trinajstić information content (AvgIpc) is 3.31. The zero-order chi connectivity index (χ0) is 25.9. The SMILES string of the molecule is CCC1CN(Cc2nnc(C3=CC(c4cnc(OC)c(NS(C)(=O)=O)c4)CC(N)=C3C=N)o2)CCO1. The average molecular weight is 518 g/mol. The lowest BCUT2D eigenvalue weighted by atomic mass is 9.84. The van der Waals surface area contributed by atoms with Crippen molar-refractivity contribution in [1.29, 1.82) is 5.41 Å². The molecule has 194 valence electrons. The van der Waals surface area contributed by atoms with Gasteiger partial charge in [-0.3, -0.25) is 9.62 Å². The summed E-state index contributed by atoms with van der Waals surface area (Å²) in [5, 5.41) is 16.4. The molecule has 2 aromatic heterocycles. The van der Waals surface area contributed by atoms with Crippen LogP contribution in [0.4, 0.5) is 5.69 Å². The van der Waals surface area contributed by atoms with Crippen LogP contribution in [0.3, 0.4) is 0 Å². The van der Waals surface area contributed by atoms with E-state index in [1.807, 2.05) is 6.08 Å². The number of sulfonamides is 1. The Morgan fingerprint density at radius 3 is 2.89 bits per heavy atom. The number of morpholine rings is 1. The molecule has 13 heteroatoms. The van der Waals surface area contributed by atoms with Gasteiger partial charge in [0.25, 0.3) is 0 Å². The Kier molecular flexibility index (Phi) is 7.71. The predicted octanol–water partition coefficient (Wildman–Crippen LogP) is 1.89. The zero-order valence-electron chi connectivity index (χ0n) is 20.5. The molecule has 0 amide bonds. The fourth-order valence-electron chi connectivity index (χ4n) is 4.34. The number of ether oxygens (including phenoxy) is 2. The normalized spacial score (nSPS) is 21.2. The van der Waals surface area contributed by atoms with Crippen molar-refractivity contribution in [1.82, 2.24) is 20.1 Å². The zero-order valence-corrected chi connectivity index (χ0v) is 21.3. The van der Waals surface area contributed by atoms with E-state index in [-0.39, 0.29) is 29.5 Å². The van der Waals surface area contributed by atoms with Crippen LogP contribution in [0.15, 0.2) is 34.0 Å². The minimum atomic E-state index is -3.54. The van der Waals surface area contributed by atoms with Gasteiger partial charge in [-0.05, 0) is 24.5 Å². The van der Waals surface area contributed by atoms with Crippen molar-refractivity contribution in [3.63, 3.8) is 0 Å². The molecule has 3 heterocycles. The summed E-state index contributed by atoms with van der Waals surface area (Å²) in [6.07, 6.45) is 7.27. The maximum Gasteiger partial charge on any atom is 0.248 e. The van der Waals surface area contributed by atoms with Crippen LogP contribution in [0.1, 0.15) is 43.0 Å². The standard InChI is InChI=1S/C23H31N7O5S/c1-4-16-12-30(5-6-34-16)13-21-27-28-22(35-21)17-7-14(8-19(25)18(17)10-24)15-9-20(29-36(3,31)32)23(33-2)26-11-15/h7,9-11,14,16,24,29H,4-6,8,12-13,25H2,1-3H3. The highest BCUT2D eigenvalue weighted by Crippen LogP contribution is 2.38. The van der Waals surface area contributed by atoms with Crippen molar-refractivity contribution in [2.75, 3.05) is 37.8 Å². The molecular formula is C23H31N7O5S. The van der Waals surface area contributed by atoms with Gasteiger partial charge in [0.15, 0.2) is 0 Å². The number of methoxy groups -OCH3 is 1. The van der Waals surface area contributed by atoms with Gasteiger partial charge in [0.1, 0.15) is 5.69 Å². The van der Waals surface area contributed by atoms with E-state index in [1.165, 1.54) is 13.3 Å². The minimum Gasteiger partial charge on any atom is -0.480 e. The number of nitrogens with zero attached hydrogens (tertiary/aromatic N) is 4. The third-order valence-corrected chi connectivity index (χ3v) is 6.70. The summed E-state index contributed by atoms with van der Waals surface area (Å²) in [7, 11) is -2.13. The Bertz CT molecular complexity index is 1290. The van der Waals surface area contributed by atoms with Crippen LogP contribution in [0.2, 0.25) is 0 Å². The summed E-state index contributed by atoms with van der Waals surface area (Å²) >= 11 is 0. The van der Waals surface area contributed by atoms with Crippen LogP contribution in [0.5, 0.6) is 5.88 Å². The van der Waals surface area contributed by atoms with E-state index in [9.17, 15) is 8.42 Å². The second kappa shape index (κ2) is 10.8. The number of pyridine rings is 1. The first kappa shape index (κ1) is 25.8. The van der Waals surface area contributed by atoms with Gasteiger partial charge in [-0.25, -0.2) is 13.4 Å². The van der Waals surface area contributed by atoms with Gasteiger partial charge in [-0.1, -0.05) is 13.0 Å². The minimum absolute atomic E-state index is 0.155. The van der Waals surface area contributed by atoms with Crippen molar-refractivity contribution < 1.29 is 22.3 Å². The molecule has 1 saturated heterocycles. The molecule has 2 atom stereocenters. The molecule has 1 aliphatic carbocycles. The Morgan fingerprint density at radius 2 is 2.19 bits per heavy atom. The van der Waals surface area contributed by atoms with Crippen molar-refractivity contribution >= 4 is 27.5 Å². The monoisotopic (exact) mass is 517 g/mol. The number of aromatic nitrogens is 3. The van der Waals surface area contributed by atoms with E-state index >= 15 is 0 Å². The second-order valence-electron chi connectivity index (χ2n) is 8.81. The van der Waals surface area contributed by atoms with Crippen LogP contribution in [-0.4, -0.2) is 73.9 Å². The number of nitrogens with one attached hydrogen (secondary N) is 2. The first-order valence-corrected chi connectivity index (χ1v) is 13.5. The summed E-state index contributed by atoms with van der Waals surface area (Å²) in [5.74, 6) is 0.635. The molecule has 1 aliphatic heterocycles. The van der Waals surface area contributed by atoms with Gasteiger partial charge in [-0.2, -0.15) is 0 Å². The third-order valence-electron chi connectivity index (χ3n) is 6.11. The second-order valence-corrected chi connectivity index (χ2v) is 10.6. The molecule has 0 bridgehead atoms.